The molecule has 0 unspecified atom stereocenters. The molecule has 0 bridgehead atoms. The van der Waals surface area contributed by atoms with E-state index >= 15 is 0 Å². The van der Waals surface area contributed by atoms with Gasteiger partial charge < -0.3 is 0 Å². The Labute approximate surface area is 117 Å². The number of nitrogens with zero attached hydrogens (tertiary/aromatic N) is 4. The Bertz CT molecular complexity index is 900. The molecule has 4 rings (SSSR count). The van der Waals surface area contributed by atoms with Gasteiger partial charge in [-0.3, -0.25) is 10.1 Å². The molecular weight excluding hydrogens is 277 g/mol. The fraction of sp³-hybridized carbons (Fsp3) is 0. The lowest BCUT2D eigenvalue weighted by molar-refractivity contribution is 0.923. The summed E-state index contributed by atoms with van der Waals surface area (Å²) in [7, 11) is 0. The first-order chi connectivity index (χ1) is 9.88. The van der Waals surface area contributed by atoms with Crippen LogP contribution in [0.4, 0.5) is 3.89 Å². The fourth-order valence-electron chi connectivity index (χ4n) is 2.32. The Kier molecular flexibility index (Phi) is 2.46. The van der Waals surface area contributed by atoms with Gasteiger partial charge in [-0.15, -0.1) is 3.89 Å². The van der Waals surface area contributed by atoms with Gasteiger partial charge in [0.2, 0.25) is 0 Å². The topological polar surface area (TPSA) is 59.4 Å². The van der Waals surface area contributed by atoms with E-state index in [-0.39, 0.29) is 12.3 Å². The molecule has 1 N–H and O–H groups in total. The second-order valence-corrected chi connectivity index (χ2v) is 4.81. The molecule has 0 aliphatic heterocycles. The Balaban J connectivity index is 2.09. The van der Waals surface area contributed by atoms with Gasteiger partial charge in [0.15, 0.2) is 18.0 Å². The molecule has 0 saturated carbocycles. The van der Waals surface area contributed by atoms with Gasteiger partial charge in [-0.25, -0.2) is 8.96 Å². The van der Waals surface area contributed by atoms with Crippen molar-refractivity contribution in [1.82, 2.24) is 24.1 Å². The first kappa shape index (κ1) is 11.4. The zero-order chi connectivity index (χ0) is 13.5. The van der Waals surface area contributed by atoms with Crippen LogP contribution in [0.3, 0.4) is 0 Å². The number of rotatable bonds is 2. The maximum Gasteiger partial charge on any atom is 0.171 e. The number of fused-ring (bicyclic) bond motifs is 3. The summed E-state index contributed by atoms with van der Waals surface area (Å²) in [5, 5.41) is 8.42. The van der Waals surface area contributed by atoms with Crippen molar-refractivity contribution in [2.24, 2.45) is 0 Å². The average molecular weight is 285 g/mol. The van der Waals surface area contributed by atoms with Gasteiger partial charge in [0.25, 0.3) is 0 Å². The highest BCUT2D eigenvalue weighted by Gasteiger charge is 2.14. The van der Waals surface area contributed by atoms with Crippen molar-refractivity contribution in [3.63, 3.8) is 0 Å². The largest absolute Gasteiger partial charge is 0.285 e. The SMILES string of the molecule is FSn1c2ccncc2c2ccc(-c3cn[nH]c3)nc21. The lowest BCUT2D eigenvalue weighted by Gasteiger charge is -1.99. The van der Waals surface area contributed by atoms with Crippen molar-refractivity contribution in [3.8, 4) is 11.3 Å². The predicted molar refractivity (Wildman–Crippen MR) is 76.7 cm³/mol. The Hall–Kier alpha value is -2.41. The zero-order valence-corrected chi connectivity index (χ0v) is 10.9. The van der Waals surface area contributed by atoms with E-state index in [1.54, 1.807) is 30.9 Å². The van der Waals surface area contributed by atoms with E-state index in [4.69, 9.17) is 0 Å². The lowest BCUT2D eigenvalue weighted by atomic mass is 10.2. The predicted octanol–water partition coefficient (Wildman–Crippen LogP) is 3.36. The Morgan fingerprint density at radius 1 is 1.15 bits per heavy atom. The number of aromatic amines is 1. The molecule has 5 nitrogen and oxygen atoms in total. The summed E-state index contributed by atoms with van der Waals surface area (Å²) in [5.41, 5.74) is 2.96. The summed E-state index contributed by atoms with van der Waals surface area (Å²) < 4.78 is 14.8. The normalized spacial score (nSPS) is 11.4. The molecule has 0 radical (unpaired) electrons. The van der Waals surface area contributed by atoms with Gasteiger partial charge in [0, 0.05) is 34.9 Å². The third kappa shape index (κ3) is 1.53. The molecule has 4 aromatic rings. The van der Waals surface area contributed by atoms with E-state index in [1.165, 1.54) is 3.97 Å². The standard InChI is InChI=1S/C13H8FN5S/c14-20-19-12-3-4-15-7-10(12)9-1-2-11(18-13(9)19)8-5-16-17-6-8/h1-7H,(H,16,17). The van der Waals surface area contributed by atoms with Crippen LogP contribution in [0.25, 0.3) is 33.2 Å². The minimum absolute atomic E-state index is 0.143. The third-order valence-electron chi connectivity index (χ3n) is 3.24. The van der Waals surface area contributed by atoms with Crippen LogP contribution in [0.15, 0.2) is 43.0 Å². The molecule has 0 atom stereocenters. The molecular formula is C13H8FN5S. The van der Waals surface area contributed by atoms with Gasteiger partial charge in [-0.1, -0.05) is 0 Å². The van der Waals surface area contributed by atoms with E-state index in [0.29, 0.717) is 5.65 Å². The van der Waals surface area contributed by atoms with Crippen LogP contribution >= 0.6 is 12.3 Å². The molecule has 0 aromatic carbocycles. The second-order valence-electron chi connectivity index (χ2n) is 4.31. The molecule has 20 heavy (non-hydrogen) atoms. The minimum Gasteiger partial charge on any atom is -0.285 e. The molecule has 4 aromatic heterocycles. The van der Waals surface area contributed by atoms with Gasteiger partial charge in [-0.2, -0.15) is 5.10 Å². The Morgan fingerprint density at radius 2 is 2.10 bits per heavy atom. The molecule has 7 heteroatoms. The van der Waals surface area contributed by atoms with Crippen molar-refractivity contribution in [2.45, 2.75) is 0 Å². The fourth-order valence-corrected chi connectivity index (χ4v) is 2.76. The highest BCUT2D eigenvalue weighted by molar-refractivity contribution is 7.93. The van der Waals surface area contributed by atoms with Gasteiger partial charge in [0.1, 0.15) is 0 Å². The number of pyridine rings is 2. The number of nitrogens with one attached hydrogen (secondary N) is 1. The molecule has 0 saturated heterocycles. The van der Waals surface area contributed by atoms with Crippen LogP contribution in [0, 0.1) is 0 Å². The molecule has 0 aliphatic carbocycles. The third-order valence-corrected chi connectivity index (χ3v) is 3.75. The molecule has 4 heterocycles. The van der Waals surface area contributed by atoms with Crippen LogP contribution in [-0.4, -0.2) is 24.1 Å². The summed E-state index contributed by atoms with van der Waals surface area (Å²) in [5.74, 6) is 0. The molecule has 0 fully saturated rings. The lowest BCUT2D eigenvalue weighted by Crippen LogP contribution is -1.88. The van der Waals surface area contributed by atoms with Crippen molar-refractivity contribution in [1.29, 1.82) is 0 Å². The van der Waals surface area contributed by atoms with Gasteiger partial charge >= 0.3 is 0 Å². The number of halogens is 1. The summed E-state index contributed by atoms with van der Waals surface area (Å²) in [6.07, 6.45) is 6.81. The van der Waals surface area contributed by atoms with E-state index in [1.807, 2.05) is 12.1 Å². The van der Waals surface area contributed by atoms with Crippen LogP contribution in [0.2, 0.25) is 0 Å². The van der Waals surface area contributed by atoms with Crippen molar-refractivity contribution in [3.05, 3.63) is 43.0 Å². The number of hydrogen-bond donors (Lipinski definition) is 1. The van der Waals surface area contributed by atoms with Crippen LogP contribution < -0.4 is 0 Å². The molecule has 0 aliphatic rings. The first-order valence-corrected chi connectivity index (χ1v) is 6.59. The van der Waals surface area contributed by atoms with E-state index in [9.17, 15) is 3.89 Å². The van der Waals surface area contributed by atoms with Crippen molar-refractivity contribution >= 4 is 34.3 Å². The van der Waals surface area contributed by atoms with Crippen LogP contribution in [0.1, 0.15) is 0 Å². The van der Waals surface area contributed by atoms with Gasteiger partial charge in [-0.05, 0) is 18.2 Å². The summed E-state index contributed by atoms with van der Waals surface area (Å²) in [6, 6.07) is 5.61. The van der Waals surface area contributed by atoms with E-state index in [0.717, 1.165) is 27.5 Å². The maximum atomic E-state index is 13.3. The van der Waals surface area contributed by atoms with Gasteiger partial charge in [0.05, 0.1) is 17.4 Å². The van der Waals surface area contributed by atoms with Crippen LogP contribution in [-0.2, 0) is 0 Å². The first-order valence-electron chi connectivity index (χ1n) is 5.92. The highest BCUT2D eigenvalue weighted by Crippen LogP contribution is 2.32. The van der Waals surface area contributed by atoms with Crippen molar-refractivity contribution in [2.75, 3.05) is 0 Å². The number of aromatic nitrogens is 5. The molecule has 98 valence electrons. The van der Waals surface area contributed by atoms with E-state index < -0.39 is 0 Å². The number of hydrogen-bond acceptors (Lipinski definition) is 4. The van der Waals surface area contributed by atoms with Crippen LogP contribution in [0.5, 0.6) is 0 Å². The molecule has 0 spiro atoms. The second kappa shape index (κ2) is 4.31. The molecule has 0 amide bonds. The number of H-pyrrole nitrogens is 1. The summed E-state index contributed by atoms with van der Waals surface area (Å²) >= 11 is 0.143. The zero-order valence-electron chi connectivity index (χ0n) is 10.1. The average Bonchev–Trinajstić information content (AvgIpc) is 3.12. The monoisotopic (exact) mass is 285 g/mol. The van der Waals surface area contributed by atoms with Crippen molar-refractivity contribution < 1.29 is 3.89 Å². The highest BCUT2D eigenvalue weighted by atomic mass is 32.2. The minimum atomic E-state index is 0.143. The summed E-state index contributed by atoms with van der Waals surface area (Å²) in [4.78, 5) is 8.64. The quantitative estimate of drug-likeness (QED) is 0.613. The van der Waals surface area contributed by atoms with E-state index in [2.05, 4.69) is 20.2 Å². The maximum absolute atomic E-state index is 13.3. The smallest absolute Gasteiger partial charge is 0.171 e. The summed E-state index contributed by atoms with van der Waals surface area (Å²) in [6.45, 7) is 0. The Morgan fingerprint density at radius 3 is 2.90 bits per heavy atom.